The Labute approximate surface area is 212 Å². The Kier molecular flexibility index (Phi) is 7.66. The van der Waals surface area contributed by atoms with Crippen LogP contribution in [-0.4, -0.2) is 44.5 Å². The lowest BCUT2D eigenvalue weighted by Gasteiger charge is -2.39. The maximum Gasteiger partial charge on any atom is 0.174 e. The van der Waals surface area contributed by atoms with Crippen LogP contribution in [0.1, 0.15) is 28.3 Å². The van der Waals surface area contributed by atoms with E-state index in [0.29, 0.717) is 29.0 Å². The van der Waals surface area contributed by atoms with Crippen LogP contribution >= 0.6 is 12.2 Å². The van der Waals surface area contributed by atoms with Crippen molar-refractivity contribution in [3.8, 4) is 23.0 Å². The van der Waals surface area contributed by atoms with Crippen LogP contribution in [0.2, 0.25) is 0 Å². The van der Waals surface area contributed by atoms with Gasteiger partial charge in [-0.15, -0.1) is 0 Å². The van der Waals surface area contributed by atoms with Gasteiger partial charge in [-0.1, -0.05) is 24.3 Å². The number of hydrogen-bond donors (Lipinski definition) is 1. The summed E-state index contributed by atoms with van der Waals surface area (Å²) in [6.45, 7) is 5.34. The predicted molar refractivity (Wildman–Crippen MR) is 143 cm³/mol. The van der Waals surface area contributed by atoms with Gasteiger partial charge in [-0.25, -0.2) is 0 Å². The van der Waals surface area contributed by atoms with Crippen LogP contribution in [0, 0.1) is 13.8 Å². The van der Waals surface area contributed by atoms with Crippen LogP contribution in [0.25, 0.3) is 0 Å². The molecule has 0 amide bonds. The Morgan fingerprint density at radius 2 is 1.60 bits per heavy atom. The fourth-order valence-electron chi connectivity index (χ4n) is 4.43. The summed E-state index contributed by atoms with van der Waals surface area (Å²) in [6, 6.07) is 17.8. The normalized spacial score (nSPS) is 14.7. The number of ether oxygens (including phenoxy) is 4. The Morgan fingerprint density at radius 1 is 0.914 bits per heavy atom. The highest BCUT2D eigenvalue weighted by Gasteiger charge is 2.32. The summed E-state index contributed by atoms with van der Waals surface area (Å²) < 4.78 is 23.0. The summed E-state index contributed by atoms with van der Waals surface area (Å²) in [5.74, 6) is 2.79. The third-order valence-electron chi connectivity index (χ3n) is 6.58. The zero-order valence-electron chi connectivity index (χ0n) is 20.9. The summed E-state index contributed by atoms with van der Waals surface area (Å²) in [4.78, 5) is 2.20. The number of methoxy groups -OCH3 is 3. The van der Waals surface area contributed by atoms with Gasteiger partial charge in [0.05, 0.1) is 27.4 Å². The van der Waals surface area contributed by atoms with Crippen molar-refractivity contribution in [1.29, 1.82) is 0 Å². The lowest BCUT2D eigenvalue weighted by atomic mass is 9.92. The van der Waals surface area contributed by atoms with Crippen LogP contribution in [0.4, 0.5) is 5.69 Å². The largest absolute Gasteiger partial charge is 0.493 e. The number of aryl methyl sites for hydroxylation is 1. The highest BCUT2D eigenvalue weighted by Crippen LogP contribution is 2.39. The molecule has 0 saturated carbocycles. The summed E-state index contributed by atoms with van der Waals surface area (Å²) >= 11 is 5.93. The highest BCUT2D eigenvalue weighted by molar-refractivity contribution is 7.80. The van der Waals surface area contributed by atoms with Gasteiger partial charge in [-0.3, -0.25) is 0 Å². The number of hydrogen-bond acceptors (Lipinski definition) is 5. The number of rotatable bonds is 7. The van der Waals surface area contributed by atoms with Crippen molar-refractivity contribution in [3.05, 3.63) is 76.9 Å². The molecule has 1 N–H and O–H groups in total. The Bertz CT molecular complexity index is 1210. The first kappa shape index (κ1) is 24.7. The van der Waals surface area contributed by atoms with Gasteiger partial charge in [0.2, 0.25) is 0 Å². The molecule has 35 heavy (non-hydrogen) atoms. The minimum absolute atomic E-state index is 0.131. The van der Waals surface area contributed by atoms with Crippen molar-refractivity contribution >= 4 is 23.0 Å². The van der Waals surface area contributed by atoms with Crippen LogP contribution in [0.5, 0.6) is 23.0 Å². The monoisotopic (exact) mass is 492 g/mol. The van der Waals surface area contributed by atoms with E-state index >= 15 is 0 Å². The van der Waals surface area contributed by atoms with Gasteiger partial charge in [0.25, 0.3) is 0 Å². The highest BCUT2D eigenvalue weighted by atomic mass is 32.1. The molecular formula is C28H32N2O4S. The fourth-order valence-corrected chi connectivity index (χ4v) is 4.76. The third kappa shape index (κ3) is 5.15. The number of nitrogens with zero attached hydrogens (tertiary/aromatic N) is 1. The number of benzene rings is 3. The molecule has 4 rings (SSSR count). The van der Waals surface area contributed by atoms with Crippen molar-refractivity contribution in [3.63, 3.8) is 0 Å². The van der Waals surface area contributed by atoms with E-state index < -0.39 is 0 Å². The Balaban J connectivity index is 1.68. The van der Waals surface area contributed by atoms with Crippen LogP contribution in [0.3, 0.4) is 0 Å². The first-order chi connectivity index (χ1) is 17.0. The van der Waals surface area contributed by atoms with E-state index in [-0.39, 0.29) is 6.04 Å². The first-order valence-corrected chi connectivity index (χ1v) is 12.0. The maximum absolute atomic E-state index is 6.30. The molecule has 3 aromatic rings. The zero-order valence-corrected chi connectivity index (χ0v) is 21.7. The second-order valence-corrected chi connectivity index (χ2v) is 8.89. The summed E-state index contributed by atoms with van der Waals surface area (Å²) in [7, 11) is 4.95. The van der Waals surface area contributed by atoms with E-state index in [4.69, 9.17) is 31.2 Å². The molecule has 0 unspecified atom stereocenters. The quantitative estimate of drug-likeness (QED) is 0.424. The predicted octanol–water partition coefficient (Wildman–Crippen LogP) is 5.70. The summed E-state index contributed by atoms with van der Waals surface area (Å²) in [5, 5.41) is 4.13. The van der Waals surface area contributed by atoms with Gasteiger partial charge in [-0.2, -0.15) is 0 Å². The van der Waals surface area contributed by atoms with Gasteiger partial charge in [0, 0.05) is 12.2 Å². The van der Waals surface area contributed by atoms with E-state index in [9.17, 15) is 0 Å². The van der Waals surface area contributed by atoms with E-state index in [1.165, 1.54) is 16.7 Å². The number of thiocarbonyl (C=S) groups is 1. The average Bonchev–Trinajstić information content (AvgIpc) is 2.88. The molecule has 1 atom stereocenters. The van der Waals surface area contributed by atoms with Crippen LogP contribution in [0.15, 0.2) is 54.6 Å². The molecule has 3 aromatic carbocycles. The molecule has 6 nitrogen and oxygen atoms in total. The van der Waals surface area contributed by atoms with Crippen molar-refractivity contribution < 1.29 is 18.9 Å². The number of nitrogens with one attached hydrogen (secondary N) is 1. The second-order valence-electron chi connectivity index (χ2n) is 8.50. The molecule has 0 saturated heterocycles. The fraction of sp³-hybridized carbons (Fsp3) is 0.321. The van der Waals surface area contributed by atoms with E-state index in [1.807, 2.05) is 36.4 Å². The van der Waals surface area contributed by atoms with Gasteiger partial charge in [-0.05, 0) is 85.1 Å². The van der Waals surface area contributed by atoms with Gasteiger partial charge < -0.3 is 29.2 Å². The van der Waals surface area contributed by atoms with Gasteiger partial charge in [0.1, 0.15) is 6.61 Å². The molecule has 1 aliphatic heterocycles. The average molecular weight is 493 g/mol. The molecule has 7 heteroatoms. The van der Waals surface area contributed by atoms with Crippen molar-refractivity contribution in [2.45, 2.75) is 26.3 Å². The van der Waals surface area contributed by atoms with Crippen LogP contribution in [-0.2, 0) is 6.42 Å². The number of anilines is 1. The standard InChI is InChI=1S/C28H32N2O4S/c1-18-9-8-10-22(19(18)2)29-28(35)30-14-13-20-15-26(32-4)27(33-5)16-21(20)23(30)17-34-25-12-7-6-11-24(25)31-3/h6-12,15-16,23H,13-14,17H2,1-5H3,(H,29,35)/t23-/m0/s1. The van der Waals surface area contributed by atoms with Gasteiger partial charge >= 0.3 is 0 Å². The molecule has 1 aliphatic rings. The molecule has 1 heterocycles. The smallest absolute Gasteiger partial charge is 0.174 e. The molecule has 0 fully saturated rings. The van der Waals surface area contributed by atoms with Crippen molar-refractivity contribution in [2.24, 2.45) is 0 Å². The van der Waals surface area contributed by atoms with Crippen molar-refractivity contribution in [2.75, 3.05) is 39.8 Å². The minimum atomic E-state index is -0.131. The van der Waals surface area contributed by atoms with Crippen molar-refractivity contribution in [1.82, 2.24) is 4.90 Å². The van der Waals surface area contributed by atoms with E-state index in [1.54, 1.807) is 21.3 Å². The molecule has 0 radical (unpaired) electrons. The topological polar surface area (TPSA) is 52.2 Å². The number of fused-ring (bicyclic) bond motifs is 1. The Hall–Kier alpha value is -3.45. The molecular weight excluding hydrogens is 460 g/mol. The second kappa shape index (κ2) is 10.9. The molecule has 0 spiro atoms. The van der Waals surface area contributed by atoms with Gasteiger partial charge in [0.15, 0.2) is 28.1 Å². The Morgan fingerprint density at radius 3 is 2.31 bits per heavy atom. The molecule has 0 aromatic heterocycles. The van der Waals surface area contributed by atoms with Crippen LogP contribution < -0.4 is 24.3 Å². The third-order valence-corrected chi connectivity index (χ3v) is 6.91. The first-order valence-electron chi connectivity index (χ1n) is 11.6. The summed E-state index contributed by atoms with van der Waals surface area (Å²) in [5.41, 5.74) is 5.71. The van der Waals surface area contributed by atoms with E-state index in [0.717, 1.165) is 30.0 Å². The molecule has 184 valence electrons. The lowest BCUT2D eigenvalue weighted by Crippen LogP contribution is -2.44. The summed E-state index contributed by atoms with van der Waals surface area (Å²) in [6.07, 6.45) is 0.829. The SMILES string of the molecule is COc1cc2c(cc1OC)[C@H](COc1ccccc1OC)N(C(=S)Nc1cccc(C)c1C)CC2. The zero-order chi connectivity index (χ0) is 24.9. The minimum Gasteiger partial charge on any atom is -0.493 e. The maximum atomic E-state index is 6.30. The lowest BCUT2D eigenvalue weighted by molar-refractivity contribution is 0.185. The number of para-hydroxylation sites is 2. The molecule has 0 aliphatic carbocycles. The van der Waals surface area contributed by atoms with E-state index in [2.05, 4.69) is 42.3 Å². The molecule has 0 bridgehead atoms.